The largest absolute Gasteiger partial charge is 0.450 e. The zero-order valence-corrected chi connectivity index (χ0v) is 13.6. The maximum absolute atomic E-state index is 11.6. The lowest BCUT2D eigenvalue weighted by Crippen LogP contribution is -2.17. The normalized spacial score (nSPS) is 10.6. The number of carbonyl (C=O) groups excluding carboxylic acids is 2. The molecular weight excluding hydrogens is 302 g/mol. The van der Waals surface area contributed by atoms with E-state index in [0.717, 1.165) is 0 Å². The van der Waals surface area contributed by atoms with Crippen molar-refractivity contribution in [2.24, 2.45) is 0 Å². The SMILES string of the molecule is CCC(=O)c1oc(CCOc2nc(C)c(C(=O)NC)o2)nc1C. The van der Waals surface area contributed by atoms with Crippen LogP contribution >= 0.6 is 0 Å². The molecule has 0 radical (unpaired) electrons. The molecule has 1 N–H and O–H groups in total. The van der Waals surface area contributed by atoms with Gasteiger partial charge in [0.15, 0.2) is 17.4 Å². The highest BCUT2D eigenvalue weighted by Crippen LogP contribution is 2.17. The van der Waals surface area contributed by atoms with Gasteiger partial charge in [-0.1, -0.05) is 6.92 Å². The monoisotopic (exact) mass is 321 g/mol. The average molecular weight is 321 g/mol. The van der Waals surface area contributed by atoms with Crippen molar-refractivity contribution in [2.45, 2.75) is 33.6 Å². The summed E-state index contributed by atoms with van der Waals surface area (Å²) >= 11 is 0. The molecule has 23 heavy (non-hydrogen) atoms. The summed E-state index contributed by atoms with van der Waals surface area (Å²) in [5, 5.41) is 2.46. The number of hydrogen-bond donors (Lipinski definition) is 1. The minimum atomic E-state index is -0.365. The molecular formula is C15H19N3O5. The van der Waals surface area contributed by atoms with Crippen LogP contribution in [0.3, 0.4) is 0 Å². The summed E-state index contributed by atoms with van der Waals surface area (Å²) in [5.74, 6) is 0.368. The number of carbonyl (C=O) groups is 2. The molecule has 0 aromatic carbocycles. The summed E-state index contributed by atoms with van der Waals surface area (Å²) in [5.41, 5.74) is 1.02. The van der Waals surface area contributed by atoms with E-state index in [0.29, 0.717) is 30.1 Å². The topological polar surface area (TPSA) is 107 Å². The average Bonchev–Trinajstić information content (AvgIpc) is 3.08. The fourth-order valence-corrected chi connectivity index (χ4v) is 1.96. The molecule has 2 heterocycles. The maximum Gasteiger partial charge on any atom is 0.394 e. The molecule has 0 aliphatic carbocycles. The van der Waals surface area contributed by atoms with Crippen LogP contribution in [0, 0.1) is 13.8 Å². The molecule has 0 saturated carbocycles. The minimum absolute atomic E-state index is 0.00855. The van der Waals surface area contributed by atoms with Crippen molar-refractivity contribution in [1.82, 2.24) is 15.3 Å². The smallest absolute Gasteiger partial charge is 0.394 e. The Hall–Kier alpha value is -2.64. The molecule has 2 rings (SSSR count). The fourth-order valence-electron chi connectivity index (χ4n) is 1.96. The molecule has 2 aromatic rings. The summed E-state index contributed by atoms with van der Waals surface area (Å²) in [6.45, 7) is 5.35. The highest BCUT2D eigenvalue weighted by molar-refractivity contribution is 5.94. The van der Waals surface area contributed by atoms with Crippen molar-refractivity contribution in [1.29, 1.82) is 0 Å². The van der Waals surface area contributed by atoms with Crippen LogP contribution in [0.5, 0.6) is 6.08 Å². The number of ether oxygens (including phenoxy) is 1. The number of hydrogen-bond acceptors (Lipinski definition) is 7. The number of rotatable bonds is 7. The van der Waals surface area contributed by atoms with Gasteiger partial charge in [0.05, 0.1) is 17.8 Å². The van der Waals surface area contributed by atoms with Crippen molar-refractivity contribution < 1.29 is 23.2 Å². The van der Waals surface area contributed by atoms with E-state index in [1.165, 1.54) is 7.05 Å². The molecule has 0 saturated heterocycles. The molecule has 8 heteroatoms. The van der Waals surface area contributed by atoms with Crippen LogP contribution < -0.4 is 10.1 Å². The van der Waals surface area contributed by atoms with E-state index in [1.807, 2.05) is 0 Å². The third-order valence-electron chi connectivity index (χ3n) is 3.17. The van der Waals surface area contributed by atoms with E-state index in [9.17, 15) is 9.59 Å². The van der Waals surface area contributed by atoms with Crippen LogP contribution in [0.1, 0.15) is 51.7 Å². The van der Waals surface area contributed by atoms with Crippen molar-refractivity contribution >= 4 is 11.7 Å². The fraction of sp³-hybridized carbons (Fsp3) is 0.467. The second-order valence-electron chi connectivity index (χ2n) is 4.87. The number of nitrogens with one attached hydrogen (secondary N) is 1. The number of aryl methyl sites for hydroxylation is 2. The van der Waals surface area contributed by atoms with Gasteiger partial charge in [0, 0.05) is 13.5 Å². The lowest BCUT2D eigenvalue weighted by molar-refractivity contribution is 0.0924. The van der Waals surface area contributed by atoms with E-state index >= 15 is 0 Å². The summed E-state index contributed by atoms with van der Waals surface area (Å²) < 4.78 is 16.0. The first kappa shape index (κ1) is 16.7. The Morgan fingerprint density at radius 1 is 1.13 bits per heavy atom. The van der Waals surface area contributed by atoms with Gasteiger partial charge in [-0.15, -0.1) is 0 Å². The van der Waals surface area contributed by atoms with E-state index in [4.69, 9.17) is 13.6 Å². The first-order chi connectivity index (χ1) is 11.0. The number of nitrogens with zero attached hydrogens (tertiary/aromatic N) is 2. The molecule has 0 spiro atoms. The molecule has 124 valence electrons. The molecule has 0 aliphatic rings. The van der Waals surface area contributed by atoms with Crippen LogP contribution in [0.25, 0.3) is 0 Å². The summed E-state index contributed by atoms with van der Waals surface area (Å²) in [4.78, 5) is 31.4. The molecule has 0 fully saturated rings. The van der Waals surface area contributed by atoms with E-state index in [-0.39, 0.29) is 35.9 Å². The second kappa shape index (κ2) is 7.08. The third kappa shape index (κ3) is 3.77. The van der Waals surface area contributed by atoms with Crippen LogP contribution in [0.2, 0.25) is 0 Å². The first-order valence-corrected chi connectivity index (χ1v) is 7.28. The Balaban J connectivity index is 1.95. The van der Waals surface area contributed by atoms with Crippen LogP contribution in [0.15, 0.2) is 8.83 Å². The van der Waals surface area contributed by atoms with Crippen LogP contribution in [-0.4, -0.2) is 35.3 Å². The Morgan fingerprint density at radius 2 is 1.83 bits per heavy atom. The predicted octanol–water partition coefficient (Wildman–Crippen LogP) is 1.85. The molecule has 8 nitrogen and oxygen atoms in total. The lowest BCUT2D eigenvalue weighted by Gasteiger charge is -1.98. The molecule has 2 aromatic heterocycles. The maximum atomic E-state index is 11.6. The number of aromatic nitrogens is 2. The zero-order chi connectivity index (χ0) is 17.0. The van der Waals surface area contributed by atoms with Gasteiger partial charge in [0.1, 0.15) is 6.61 Å². The van der Waals surface area contributed by atoms with Gasteiger partial charge < -0.3 is 18.9 Å². The van der Waals surface area contributed by atoms with Crippen molar-refractivity contribution in [3.8, 4) is 6.08 Å². The standard InChI is InChI=1S/C15H19N3O5/c1-5-10(19)12-8(2)17-11(22-12)6-7-21-15-18-9(3)13(23-15)14(20)16-4/h5-7H2,1-4H3,(H,16,20). The van der Waals surface area contributed by atoms with Gasteiger partial charge in [0.2, 0.25) is 5.76 Å². The zero-order valence-electron chi connectivity index (χ0n) is 13.6. The van der Waals surface area contributed by atoms with Gasteiger partial charge in [-0.05, 0) is 13.8 Å². The first-order valence-electron chi connectivity index (χ1n) is 7.28. The van der Waals surface area contributed by atoms with Crippen LogP contribution in [0.4, 0.5) is 0 Å². The number of ketones is 1. The number of Topliss-reactive ketones (excluding diaryl/α,β-unsaturated/α-hetero) is 1. The lowest BCUT2D eigenvalue weighted by atomic mass is 10.2. The molecule has 0 bridgehead atoms. The Labute approximate surface area is 133 Å². The van der Waals surface area contributed by atoms with Gasteiger partial charge >= 0.3 is 6.08 Å². The molecule has 0 atom stereocenters. The number of amides is 1. The summed E-state index contributed by atoms with van der Waals surface area (Å²) in [6, 6.07) is 0. The van der Waals surface area contributed by atoms with Crippen molar-refractivity contribution in [2.75, 3.05) is 13.7 Å². The number of oxazole rings is 2. The quantitative estimate of drug-likeness (QED) is 0.775. The van der Waals surface area contributed by atoms with Gasteiger partial charge in [-0.2, -0.15) is 4.98 Å². The Bertz CT molecular complexity index is 657. The molecule has 0 aliphatic heterocycles. The minimum Gasteiger partial charge on any atom is -0.450 e. The van der Waals surface area contributed by atoms with Gasteiger partial charge in [0.25, 0.3) is 5.91 Å². The van der Waals surface area contributed by atoms with Crippen molar-refractivity contribution in [3.63, 3.8) is 0 Å². The predicted molar refractivity (Wildman–Crippen MR) is 79.7 cm³/mol. The molecule has 0 unspecified atom stereocenters. The third-order valence-corrected chi connectivity index (χ3v) is 3.17. The summed E-state index contributed by atoms with van der Waals surface area (Å²) in [7, 11) is 1.50. The second-order valence-corrected chi connectivity index (χ2v) is 4.87. The van der Waals surface area contributed by atoms with Crippen LogP contribution in [-0.2, 0) is 6.42 Å². The van der Waals surface area contributed by atoms with E-state index in [2.05, 4.69) is 15.3 Å². The highest BCUT2D eigenvalue weighted by atomic mass is 16.6. The molecule has 1 amide bonds. The van der Waals surface area contributed by atoms with Gasteiger partial charge in [-0.3, -0.25) is 9.59 Å². The van der Waals surface area contributed by atoms with E-state index in [1.54, 1.807) is 20.8 Å². The van der Waals surface area contributed by atoms with Crippen molar-refractivity contribution in [3.05, 3.63) is 28.8 Å². The Kier molecular flexibility index (Phi) is 5.15. The van der Waals surface area contributed by atoms with Gasteiger partial charge in [-0.25, -0.2) is 4.98 Å². The highest BCUT2D eigenvalue weighted by Gasteiger charge is 2.18. The Morgan fingerprint density at radius 3 is 2.48 bits per heavy atom. The van der Waals surface area contributed by atoms with E-state index < -0.39 is 0 Å². The summed E-state index contributed by atoms with van der Waals surface area (Å²) in [6.07, 6.45) is 0.729.